The quantitative estimate of drug-likeness (QED) is 0.788. The van der Waals surface area contributed by atoms with Crippen molar-refractivity contribution in [2.45, 2.75) is 33.3 Å². The predicted octanol–water partition coefficient (Wildman–Crippen LogP) is 2.40. The van der Waals surface area contributed by atoms with Gasteiger partial charge >= 0.3 is 0 Å². The van der Waals surface area contributed by atoms with Crippen molar-refractivity contribution in [1.82, 2.24) is 9.88 Å². The molecular weight excluding hydrogens is 238 g/mol. The molecule has 1 aromatic rings. The van der Waals surface area contributed by atoms with Gasteiger partial charge in [0.1, 0.15) is 6.10 Å². The third-order valence-corrected chi connectivity index (χ3v) is 3.80. The van der Waals surface area contributed by atoms with E-state index in [0.29, 0.717) is 0 Å². The molecule has 4 nitrogen and oxygen atoms in total. The van der Waals surface area contributed by atoms with Crippen LogP contribution in [0.5, 0.6) is 5.75 Å². The summed E-state index contributed by atoms with van der Waals surface area (Å²) >= 11 is 0. The number of nitrogens with zero attached hydrogens (tertiary/aromatic N) is 3. The molecule has 1 aliphatic heterocycles. The Morgan fingerprint density at radius 1 is 1.37 bits per heavy atom. The second kappa shape index (κ2) is 6.75. The molecule has 1 atom stereocenters. The molecule has 1 unspecified atom stereocenters. The Bertz CT molecular complexity index is 393. The SMILES string of the molecule is CCC1CN(CCN(CC)CC)c2ncccc2O1. The molecule has 1 aromatic heterocycles. The van der Waals surface area contributed by atoms with Crippen LogP contribution in [0.1, 0.15) is 27.2 Å². The summed E-state index contributed by atoms with van der Waals surface area (Å²) < 4.78 is 5.95. The van der Waals surface area contributed by atoms with E-state index in [-0.39, 0.29) is 6.10 Å². The first kappa shape index (κ1) is 14.1. The van der Waals surface area contributed by atoms with Gasteiger partial charge in [0.25, 0.3) is 0 Å². The highest BCUT2D eigenvalue weighted by atomic mass is 16.5. The minimum atomic E-state index is 0.286. The first-order valence-electron chi connectivity index (χ1n) is 7.37. The maximum absolute atomic E-state index is 5.95. The van der Waals surface area contributed by atoms with Crippen molar-refractivity contribution in [2.75, 3.05) is 37.6 Å². The summed E-state index contributed by atoms with van der Waals surface area (Å²) in [7, 11) is 0. The van der Waals surface area contributed by atoms with Crippen molar-refractivity contribution in [3.05, 3.63) is 18.3 Å². The number of ether oxygens (including phenoxy) is 1. The largest absolute Gasteiger partial charge is 0.485 e. The summed E-state index contributed by atoms with van der Waals surface area (Å²) in [5.74, 6) is 1.93. The van der Waals surface area contributed by atoms with Crippen molar-refractivity contribution in [1.29, 1.82) is 0 Å². The second-order valence-electron chi connectivity index (χ2n) is 4.95. The summed E-state index contributed by atoms with van der Waals surface area (Å²) in [6, 6.07) is 3.97. The van der Waals surface area contributed by atoms with Gasteiger partial charge in [0, 0.05) is 19.3 Å². The van der Waals surface area contributed by atoms with Gasteiger partial charge in [0.15, 0.2) is 11.6 Å². The van der Waals surface area contributed by atoms with Crippen molar-refractivity contribution < 1.29 is 4.74 Å². The topological polar surface area (TPSA) is 28.6 Å². The Balaban J connectivity index is 2.06. The molecule has 0 fully saturated rings. The number of anilines is 1. The zero-order valence-electron chi connectivity index (χ0n) is 12.3. The summed E-state index contributed by atoms with van der Waals surface area (Å²) in [6.45, 7) is 11.9. The monoisotopic (exact) mass is 263 g/mol. The fourth-order valence-corrected chi connectivity index (χ4v) is 2.47. The van der Waals surface area contributed by atoms with Gasteiger partial charge < -0.3 is 14.5 Å². The van der Waals surface area contributed by atoms with Crippen LogP contribution in [0.15, 0.2) is 18.3 Å². The molecule has 0 aromatic carbocycles. The molecule has 2 rings (SSSR count). The number of aromatic nitrogens is 1. The van der Waals surface area contributed by atoms with Crippen LogP contribution in [-0.2, 0) is 0 Å². The molecule has 0 spiro atoms. The Morgan fingerprint density at radius 3 is 2.84 bits per heavy atom. The van der Waals surface area contributed by atoms with Gasteiger partial charge in [-0.2, -0.15) is 0 Å². The minimum Gasteiger partial charge on any atom is -0.485 e. The van der Waals surface area contributed by atoms with E-state index in [1.165, 1.54) is 0 Å². The normalized spacial score (nSPS) is 18.3. The minimum absolute atomic E-state index is 0.286. The lowest BCUT2D eigenvalue weighted by Crippen LogP contribution is -2.44. The van der Waals surface area contributed by atoms with Crippen LogP contribution in [0.25, 0.3) is 0 Å². The van der Waals surface area contributed by atoms with Crippen molar-refractivity contribution >= 4 is 5.82 Å². The van der Waals surface area contributed by atoms with E-state index in [1.807, 2.05) is 18.3 Å². The molecule has 0 amide bonds. The zero-order valence-corrected chi connectivity index (χ0v) is 12.3. The number of likely N-dealkylation sites (N-methyl/N-ethyl adjacent to an activating group) is 1. The van der Waals surface area contributed by atoms with Crippen LogP contribution in [0.2, 0.25) is 0 Å². The first-order chi connectivity index (χ1) is 9.28. The third kappa shape index (κ3) is 3.38. The molecular formula is C15H25N3O. The molecule has 19 heavy (non-hydrogen) atoms. The third-order valence-electron chi connectivity index (χ3n) is 3.80. The molecule has 4 heteroatoms. The standard InChI is InChI=1S/C15H25N3O/c1-4-13-12-18(11-10-17(5-2)6-3)15-14(19-13)8-7-9-16-15/h7-9,13H,4-6,10-12H2,1-3H3. The highest BCUT2D eigenvalue weighted by Crippen LogP contribution is 2.31. The number of rotatable bonds is 6. The van der Waals surface area contributed by atoms with E-state index in [9.17, 15) is 0 Å². The second-order valence-corrected chi connectivity index (χ2v) is 4.95. The van der Waals surface area contributed by atoms with Gasteiger partial charge in [-0.05, 0) is 31.6 Å². The van der Waals surface area contributed by atoms with E-state index in [0.717, 1.165) is 50.7 Å². The van der Waals surface area contributed by atoms with Crippen LogP contribution in [0.3, 0.4) is 0 Å². The van der Waals surface area contributed by atoms with Crippen molar-refractivity contribution in [3.8, 4) is 5.75 Å². The van der Waals surface area contributed by atoms with Gasteiger partial charge in [0.2, 0.25) is 0 Å². The van der Waals surface area contributed by atoms with E-state index >= 15 is 0 Å². The molecule has 1 aliphatic rings. The molecule has 0 radical (unpaired) electrons. The fraction of sp³-hybridized carbons (Fsp3) is 0.667. The van der Waals surface area contributed by atoms with Crippen molar-refractivity contribution in [3.63, 3.8) is 0 Å². The molecule has 0 saturated carbocycles. The average Bonchev–Trinajstić information content (AvgIpc) is 2.47. The summed E-state index contributed by atoms with van der Waals surface area (Å²) in [5, 5.41) is 0. The van der Waals surface area contributed by atoms with Crippen molar-refractivity contribution in [2.24, 2.45) is 0 Å². The van der Waals surface area contributed by atoms with Gasteiger partial charge in [-0.15, -0.1) is 0 Å². The maximum atomic E-state index is 5.95. The van der Waals surface area contributed by atoms with E-state index < -0.39 is 0 Å². The van der Waals surface area contributed by atoms with Gasteiger partial charge in [-0.3, -0.25) is 0 Å². The lowest BCUT2D eigenvalue weighted by Gasteiger charge is -2.36. The lowest BCUT2D eigenvalue weighted by atomic mass is 10.2. The summed E-state index contributed by atoms with van der Waals surface area (Å²) in [4.78, 5) is 9.29. The molecule has 0 saturated heterocycles. The summed E-state index contributed by atoms with van der Waals surface area (Å²) in [6.07, 6.45) is 3.17. The molecule has 0 N–H and O–H groups in total. The highest BCUT2D eigenvalue weighted by molar-refractivity contribution is 5.54. The van der Waals surface area contributed by atoms with Crippen LogP contribution >= 0.6 is 0 Å². The van der Waals surface area contributed by atoms with Crippen LogP contribution in [0, 0.1) is 0 Å². The van der Waals surface area contributed by atoms with Gasteiger partial charge in [-0.1, -0.05) is 20.8 Å². The highest BCUT2D eigenvalue weighted by Gasteiger charge is 2.25. The smallest absolute Gasteiger partial charge is 0.171 e. The zero-order chi connectivity index (χ0) is 13.7. The Kier molecular flexibility index (Phi) is 5.02. The first-order valence-corrected chi connectivity index (χ1v) is 7.37. The van der Waals surface area contributed by atoms with Crippen LogP contribution < -0.4 is 9.64 Å². The Labute approximate surface area is 116 Å². The van der Waals surface area contributed by atoms with E-state index in [1.54, 1.807) is 0 Å². The number of pyridine rings is 1. The van der Waals surface area contributed by atoms with Crippen LogP contribution in [0.4, 0.5) is 5.82 Å². The average molecular weight is 263 g/mol. The summed E-state index contributed by atoms with van der Waals surface area (Å²) in [5.41, 5.74) is 0. The maximum Gasteiger partial charge on any atom is 0.171 e. The van der Waals surface area contributed by atoms with E-state index in [4.69, 9.17) is 4.74 Å². The molecule has 106 valence electrons. The van der Waals surface area contributed by atoms with E-state index in [2.05, 4.69) is 35.6 Å². The van der Waals surface area contributed by atoms with Gasteiger partial charge in [-0.25, -0.2) is 4.98 Å². The molecule has 0 aliphatic carbocycles. The predicted molar refractivity (Wildman–Crippen MR) is 78.9 cm³/mol. The molecule has 2 heterocycles. The van der Waals surface area contributed by atoms with Gasteiger partial charge in [0.05, 0.1) is 6.54 Å². The fourth-order valence-electron chi connectivity index (χ4n) is 2.47. The number of hydrogen-bond donors (Lipinski definition) is 0. The Morgan fingerprint density at radius 2 is 2.16 bits per heavy atom. The Hall–Kier alpha value is -1.29. The molecule has 0 bridgehead atoms. The number of hydrogen-bond acceptors (Lipinski definition) is 4. The van der Waals surface area contributed by atoms with Crippen LogP contribution in [-0.4, -0.2) is 48.7 Å². The lowest BCUT2D eigenvalue weighted by molar-refractivity contribution is 0.185. The number of fused-ring (bicyclic) bond motifs is 1.